The van der Waals surface area contributed by atoms with E-state index >= 15 is 0 Å². The standard InChI is InChI=1S/C8H13FO/c9-8(6-10)7-4-2-1-3-5-7/h6-8H,1-5H2/t8-/m0/s1. The highest BCUT2D eigenvalue weighted by atomic mass is 19.1. The van der Waals surface area contributed by atoms with E-state index in [1.807, 2.05) is 0 Å². The monoisotopic (exact) mass is 144 g/mol. The van der Waals surface area contributed by atoms with Crippen molar-refractivity contribution in [1.29, 1.82) is 0 Å². The van der Waals surface area contributed by atoms with Crippen molar-refractivity contribution in [2.75, 3.05) is 0 Å². The first kappa shape index (κ1) is 7.70. The number of carbonyl (C=O) groups excluding carboxylic acids is 1. The lowest BCUT2D eigenvalue weighted by molar-refractivity contribution is -0.114. The van der Waals surface area contributed by atoms with E-state index in [4.69, 9.17) is 0 Å². The zero-order valence-electron chi connectivity index (χ0n) is 6.05. The first-order valence-electron chi connectivity index (χ1n) is 3.94. The van der Waals surface area contributed by atoms with Gasteiger partial charge in [0.05, 0.1) is 0 Å². The van der Waals surface area contributed by atoms with Crippen molar-refractivity contribution in [2.45, 2.75) is 38.3 Å². The van der Waals surface area contributed by atoms with Gasteiger partial charge >= 0.3 is 0 Å². The molecule has 0 radical (unpaired) electrons. The Kier molecular flexibility index (Phi) is 2.84. The summed E-state index contributed by atoms with van der Waals surface area (Å²) in [5, 5.41) is 0. The molecule has 1 atom stereocenters. The molecule has 1 fully saturated rings. The summed E-state index contributed by atoms with van der Waals surface area (Å²) in [6.45, 7) is 0. The van der Waals surface area contributed by atoms with Crippen molar-refractivity contribution in [3.8, 4) is 0 Å². The topological polar surface area (TPSA) is 17.1 Å². The Hall–Kier alpha value is -0.400. The minimum atomic E-state index is -1.19. The molecule has 0 amide bonds. The van der Waals surface area contributed by atoms with Crippen molar-refractivity contribution < 1.29 is 9.18 Å². The van der Waals surface area contributed by atoms with Crippen LogP contribution in [0.15, 0.2) is 0 Å². The van der Waals surface area contributed by atoms with E-state index in [2.05, 4.69) is 0 Å². The molecular formula is C8H13FO. The van der Waals surface area contributed by atoms with E-state index in [1.165, 1.54) is 6.42 Å². The molecule has 0 N–H and O–H groups in total. The van der Waals surface area contributed by atoms with Gasteiger partial charge < -0.3 is 4.79 Å². The molecule has 58 valence electrons. The molecule has 2 heteroatoms. The first-order valence-corrected chi connectivity index (χ1v) is 3.94. The number of rotatable bonds is 2. The van der Waals surface area contributed by atoms with E-state index < -0.39 is 6.17 Å². The molecule has 0 aromatic carbocycles. The lowest BCUT2D eigenvalue weighted by Gasteiger charge is -2.21. The fraction of sp³-hybridized carbons (Fsp3) is 0.875. The van der Waals surface area contributed by atoms with Crippen LogP contribution in [0.3, 0.4) is 0 Å². The van der Waals surface area contributed by atoms with E-state index in [0.717, 1.165) is 25.7 Å². The van der Waals surface area contributed by atoms with Crippen LogP contribution in [0.1, 0.15) is 32.1 Å². The molecule has 0 aromatic heterocycles. The number of carbonyl (C=O) groups is 1. The molecule has 10 heavy (non-hydrogen) atoms. The predicted octanol–water partition coefficient (Wildman–Crippen LogP) is 2.10. The van der Waals surface area contributed by atoms with Crippen LogP contribution in [0.2, 0.25) is 0 Å². The Morgan fingerprint density at radius 1 is 1.30 bits per heavy atom. The normalized spacial score (nSPS) is 24.1. The molecule has 0 aliphatic heterocycles. The quantitative estimate of drug-likeness (QED) is 0.542. The third-order valence-corrected chi connectivity index (χ3v) is 2.23. The highest BCUT2D eigenvalue weighted by Crippen LogP contribution is 2.26. The van der Waals surface area contributed by atoms with Gasteiger partial charge in [0.2, 0.25) is 0 Å². The Balaban J connectivity index is 2.30. The number of aldehydes is 1. The maximum Gasteiger partial charge on any atom is 0.158 e. The van der Waals surface area contributed by atoms with Crippen LogP contribution in [0.5, 0.6) is 0 Å². The Labute approximate surface area is 60.6 Å². The molecule has 0 bridgehead atoms. The summed E-state index contributed by atoms with van der Waals surface area (Å²) >= 11 is 0. The summed E-state index contributed by atoms with van der Waals surface area (Å²) < 4.78 is 12.6. The molecule has 1 aliphatic carbocycles. The van der Waals surface area contributed by atoms with Crippen LogP contribution in [-0.4, -0.2) is 12.5 Å². The van der Waals surface area contributed by atoms with E-state index in [9.17, 15) is 9.18 Å². The zero-order chi connectivity index (χ0) is 7.40. The second-order valence-corrected chi connectivity index (χ2v) is 2.98. The second-order valence-electron chi connectivity index (χ2n) is 2.98. The van der Waals surface area contributed by atoms with Gasteiger partial charge in [0.15, 0.2) is 12.5 Å². The average Bonchev–Trinajstić information content (AvgIpc) is 2.05. The molecule has 0 unspecified atom stereocenters. The molecule has 1 aliphatic rings. The Bertz CT molecular complexity index is 108. The van der Waals surface area contributed by atoms with E-state index in [1.54, 1.807) is 0 Å². The van der Waals surface area contributed by atoms with Crippen LogP contribution in [0.25, 0.3) is 0 Å². The van der Waals surface area contributed by atoms with Crippen LogP contribution in [0.4, 0.5) is 4.39 Å². The molecule has 0 spiro atoms. The largest absolute Gasteiger partial charge is 0.300 e. The molecule has 1 nitrogen and oxygen atoms in total. The number of hydrogen-bond acceptors (Lipinski definition) is 1. The Morgan fingerprint density at radius 3 is 2.40 bits per heavy atom. The summed E-state index contributed by atoms with van der Waals surface area (Å²) in [6.07, 6.45) is 4.45. The summed E-state index contributed by atoms with van der Waals surface area (Å²) in [5.74, 6) is 0.0336. The maximum atomic E-state index is 12.6. The molecule has 1 rings (SSSR count). The lowest BCUT2D eigenvalue weighted by atomic mass is 9.86. The predicted molar refractivity (Wildman–Crippen MR) is 37.5 cm³/mol. The summed E-state index contributed by atoms with van der Waals surface area (Å²) in [7, 11) is 0. The number of alkyl halides is 1. The van der Waals surface area contributed by atoms with E-state index in [0.29, 0.717) is 6.29 Å². The van der Waals surface area contributed by atoms with Crippen molar-refractivity contribution in [1.82, 2.24) is 0 Å². The van der Waals surface area contributed by atoms with Crippen molar-refractivity contribution in [2.24, 2.45) is 5.92 Å². The highest BCUT2D eigenvalue weighted by molar-refractivity contribution is 5.56. The van der Waals surface area contributed by atoms with Crippen LogP contribution >= 0.6 is 0 Å². The average molecular weight is 144 g/mol. The van der Waals surface area contributed by atoms with Gasteiger partial charge in [-0.05, 0) is 18.8 Å². The summed E-state index contributed by atoms with van der Waals surface area (Å²) in [5.41, 5.74) is 0. The smallest absolute Gasteiger partial charge is 0.158 e. The third kappa shape index (κ3) is 1.79. The number of halogens is 1. The summed E-state index contributed by atoms with van der Waals surface area (Å²) in [6, 6.07) is 0. The first-order chi connectivity index (χ1) is 4.84. The van der Waals surface area contributed by atoms with Gasteiger partial charge in [-0.25, -0.2) is 4.39 Å². The fourth-order valence-electron chi connectivity index (χ4n) is 1.56. The highest BCUT2D eigenvalue weighted by Gasteiger charge is 2.21. The SMILES string of the molecule is O=C[C@H](F)C1CCCCC1. The molecule has 0 saturated heterocycles. The van der Waals surface area contributed by atoms with Gasteiger partial charge in [-0.15, -0.1) is 0 Å². The molecule has 1 saturated carbocycles. The van der Waals surface area contributed by atoms with Gasteiger partial charge in [0, 0.05) is 0 Å². The third-order valence-electron chi connectivity index (χ3n) is 2.23. The minimum Gasteiger partial charge on any atom is -0.300 e. The zero-order valence-corrected chi connectivity index (χ0v) is 6.05. The maximum absolute atomic E-state index is 12.6. The fourth-order valence-corrected chi connectivity index (χ4v) is 1.56. The van der Waals surface area contributed by atoms with Crippen molar-refractivity contribution in [3.05, 3.63) is 0 Å². The molecular weight excluding hydrogens is 131 g/mol. The van der Waals surface area contributed by atoms with Gasteiger partial charge in [0.25, 0.3) is 0 Å². The molecule has 0 aromatic rings. The van der Waals surface area contributed by atoms with Crippen LogP contribution < -0.4 is 0 Å². The van der Waals surface area contributed by atoms with Crippen LogP contribution in [0, 0.1) is 5.92 Å². The summed E-state index contributed by atoms with van der Waals surface area (Å²) in [4.78, 5) is 10.0. The van der Waals surface area contributed by atoms with E-state index in [-0.39, 0.29) is 5.92 Å². The Morgan fingerprint density at radius 2 is 1.90 bits per heavy atom. The van der Waals surface area contributed by atoms with Crippen molar-refractivity contribution in [3.63, 3.8) is 0 Å². The molecule has 0 heterocycles. The second kappa shape index (κ2) is 3.69. The van der Waals surface area contributed by atoms with Gasteiger partial charge in [-0.3, -0.25) is 0 Å². The van der Waals surface area contributed by atoms with Gasteiger partial charge in [0.1, 0.15) is 0 Å². The van der Waals surface area contributed by atoms with Crippen molar-refractivity contribution >= 4 is 6.29 Å². The van der Waals surface area contributed by atoms with Gasteiger partial charge in [-0.1, -0.05) is 19.3 Å². The number of hydrogen-bond donors (Lipinski definition) is 0. The lowest BCUT2D eigenvalue weighted by Crippen LogP contribution is -2.19. The van der Waals surface area contributed by atoms with Crippen LogP contribution in [-0.2, 0) is 4.79 Å². The minimum absolute atomic E-state index is 0.0336. The van der Waals surface area contributed by atoms with Gasteiger partial charge in [-0.2, -0.15) is 0 Å².